The van der Waals surface area contributed by atoms with Gasteiger partial charge in [0.2, 0.25) is 5.91 Å². The highest BCUT2D eigenvalue weighted by Gasteiger charge is 2.31. The molecule has 1 aromatic carbocycles. The average Bonchev–Trinajstić information content (AvgIpc) is 3.25. The number of thiazole rings is 1. The minimum atomic E-state index is -0.0577. The van der Waals surface area contributed by atoms with Gasteiger partial charge < -0.3 is 10.1 Å². The van der Waals surface area contributed by atoms with E-state index in [4.69, 9.17) is 17.0 Å². The second-order valence-electron chi connectivity index (χ2n) is 6.76. The summed E-state index contributed by atoms with van der Waals surface area (Å²) in [5.41, 5.74) is 1.83. The minimum absolute atomic E-state index is 0.0302. The predicted molar refractivity (Wildman–Crippen MR) is 127 cm³/mol. The third-order valence-corrected chi connectivity index (χ3v) is 6.69. The Kier molecular flexibility index (Phi) is 8.01. The highest BCUT2D eigenvalue weighted by molar-refractivity contribution is 8.26. The molecule has 2 heterocycles. The molecule has 0 radical (unpaired) electrons. The molecule has 30 heavy (non-hydrogen) atoms. The van der Waals surface area contributed by atoms with Crippen molar-refractivity contribution >= 4 is 62.7 Å². The molecule has 0 saturated carbocycles. The monoisotopic (exact) mass is 461 g/mol. The van der Waals surface area contributed by atoms with Crippen LogP contribution in [0.25, 0.3) is 6.08 Å². The van der Waals surface area contributed by atoms with Crippen molar-refractivity contribution in [3.05, 3.63) is 45.8 Å². The number of hydrogen-bond donors (Lipinski definition) is 1. The van der Waals surface area contributed by atoms with Crippen LogP contribution in [0, 0.1) is 6.92 Å². The van der Waals surface area contributed by atoms with Crippen LogP contribution in [0.1, 0.15) is 36.9 Å². The van der Waals surface area contributed by atoms with E-state index in [9.17, 15) is 9.59 Å². The van der Waals surface area contributed by atoms with Crippen molar-refractivity contribution in [2.24, 2.45) is 0 Å². The summed E-state index contributed by atoms with van der Waals surface area (Å²) in [6.45, 7) is 2.46. The number of thioether (sulfide) groups is 1. The summed E-state index contributed by atoms with van der Waals surface area (Å²) in [6.07, 6.45) is 4.69. The highest BCUT2D eigenvalue weighted by Crippen LogP contribution is 2.33. The lowest BCUT2D eigenvalue weighted by atomic mass is 10.1. The Balaban J connectivity index is 1.42. The summed E-state index contributed by atoms with van der Waals surface area (Å²) in [7, 11) is 1.62. The van der Waals surface area contributed by atoms with Gasteiger partial charge in [-0.15, -0.1) is 11.3 Å². The first-order valence-electron chi connectivity index (χ1n) is 9.57. The first-order chi connectivity index (χ1) is 14.5. The molecule has 2 aromatic rings. The van der Waals surface area contributed by atoms with Crippen molar-refractivity contribution in [2.45, 2.75) is 32.6 Å². The number of aromatic nitrogens is 1. The van der Waals surface area contributed by atoms with E-state index in [-0.39, 0.29) is 11.8 Å². The Labute approximate surface area is 189 Å². The second kappa shape index (κ2) is 10.7. The summed E-state index contributed by atoms with van der Waals surface area (Å²) in [5, 5.41) is 5.35. The van der Waals surface area contributed by atoms with Crippen molar-refractivity contribution in [1.29, 1.82) is 0 Å². The fraction of sp³-hybridized carbons (Fsp3) is 0.333. The number of amides is 2. The Hall–Kier alpha value is -2.23. The van der Waals surface area contributed by atoms with Gasteiger partial charge in [-0.05, 0) is 43.5 Å². The van der Waals surface area contributed by atoms with Gasteiger partial charge in [0.25, 0.3) is 5.91 Å². The van der Waals surface area contributed by atoms with E-state index in [0.717, 1.165) is 36.3 Å². The van der Waals surface area contributed by atoms with E-state index >= 15 is 0 Å². The van der Waals surface area contributed by atoms with E-state index in [2.05, 4.69) is 10.3 Å². The summed E-state index contributed by atoms with van der Waals surface area (Å²) < 4.78 is 5.73. The first-order valence-corrected chi connectivity index (χ1v) is 11.7. The topological polar surface area (TPSA) is 71.5 Å². The van der Waals surface area contributed by atoms with E-state index in [1.807, 2.05) is 42.6 Å². The summed E-state index contributed by atoms with van der Waals surface area (Å²) in [5.74, 6) is 0.685. The first kappa shape index (κ1) is 22.5. The number of nitrogens with zero attached hydrogens (tertiary/aromatic N) is 2. The molecule has 0 aliphatic carbocycles. The van der Waals surface area contributed by atoms with Crippen LogP contribution in [0.5, 0.6) is 5.75 Å². The maximum Gasteiger partial charge on any atom is 0.266 e. The predicted octanol–water partition coefficient (Wildman–Crippen LogP) is 4.86. The van der Waals surface area contributed by atoms with Gasteiger partial charge in [-0.2, -0.15) is 0 Å². The van der Waals surface area contributed by atoms with Gasteiger partial charge in [0, 0.05) is 18.3 Å². The smallest absolute Gasteiger partial charge is 0.266 e. The maximum absolute atomic E-state index is 12.7. The van der Waals surface area contributed by atoms with Crippen molar-refractivity contribution in [1.82, 2.24) is 9.88 Å². The number of rotatable bonds is 9. The van der Waals surface area contributed by atoms with Crippen molar-refractivity contribution < 1.29 is 14.3 Å². The van der Waals surface area contributed by atoms with Crippen LogP contribution in [0.2, 0.25) is 0 Å². The number of nitrogens with one attached hydrogen (secondary N) is 1. The minimum Gasteiger partial charge on any atom is -0.497 e. The van der Waals surface area contributed by atoms with E-state index in [0.29, 0.717) is 27.3 Å². The molecule has 1 saturated heterocycles. The molecular weight excluding hydrogens is 438 g/mol. The third-order valence-electron chi connectivity index (χ3n) is 4.44. The zero-order valence-corrected chi connectivity index (χ0v) is 19.3. The fourth-order valence-corrected chi connectivity index (χ4v) is 4.88. The SMILES string of the molecule is COc1ccc(/C=C2\SC(=S)N(CCCCCC(=O)Nc3nc(C)cs3)C2=O)cc1. The number of hydrogen-bond acceptors (Lipinski definition) is 7. The van der Waals surface area contributed by atoms with E-state index in [1.54, 1.807) is 12.0 Å². The lowest BCUT2D eigenvalue weighted by Crippen LogP contribution is -2.29. The molecule has 158 valence electrons. The zero-order valence-electron chi connectivity index (χ0n) is 16.8. The van der Waals surface area contributed by atoms with Crippen molar-refractivity contribution in [3.8, 4) is 5.75 Å². The molecule has 0 spiro atoms. The Morgan fingerprint density at radius 1 is 1.27 bits per heavy atom. The molecule has 3 rings (SSSR count). The van der Waals surface area contributed by atoms with Crippen LogP contribution < -0.4 is 10.1 Å². The number of carbonyl (C=O) groups excluding carboxylic acids is 2. The quantitative estimate of drug-likeness (QED) is 0.327. The van der Waals surface area contributed by atoms with Gasteiger partial charge in [-0.3, -0.25) is 14.5 Å². The zero-order chi connectivity index (χ0) is 21.5. The molecule has 1 N–H and O–H groups in total. The van der Waals surface area contributed by atoms with Gasteiger partial charge in [-0.25, -0.2) is 4.98 Å². The molecule has 0 atom stereocenters. The number of carbonyl (C=O) groups is 2. The standard InChI is InChI=1S/C21H23N3O3S3/c1-14-13-29-20(22-14)23-18(25)6-4-3-5-11-24-19(26)17(30-21(24)28)12-15-7-9-16(27-2)10-8-15/h7-10,12-13H,3-6,11H2,1-2H3,(H,22,23,25)/b17-12-. The van der Waals surface area contributed by atoms with E-state index in [1.165, 1.54) is 23.1 Å². The van der Waals surface area contributed by atoms with Crippen LogP contribution in [0.3, 0.4) is 0 Å². The van der Waals surface area contributed by atoms with Crippen molar-refractivity contribution in [3.63, 3.8) is 0 Å². The molecule has 2 amide bonds. The van der Waals surface area contributed by atoms with Crippen molar-refractivity contribution in [2.75, 3.05) is 19.0 Å². The van der Waals surface area contributed by atoms with Gasteiger partial charge in [0.1, 0.15) is 10.1 Å². The normalized spacial score (nSPS) is 15.1. The number of anilines is 1. The summed E-state index contributed by atoms with van der Waals surface area (Å²) in [6, 6.07) is 7.53. The Morgan fingerprint density at radius 2 is 2.03 bits per heavy atom. The number of unbranched alkanes of at least 4 members (excludes halogenated alkanes) is 2. The van der Waals surface area contributed by atoms with Crippen LogP contribution in [-0.2, 0) is 9.59 Å². The summed E-state index contributed by atoms with van der Waals surface area (Å²) in [4.78, 5) is 31.1. The molecule has 1 aliphatic rings. The second-order valence-corrected chi connectivity index (χ2v) is 9.29. The molecule has 6 nitrogen and oxygen atoms in total. The lowest BCUT2D eigenvalue weighted by molar-refractivity contribution is -0.122. The van der Waals surface area contributed by atoms with Gasteiger partial charge in [0.15, 0.2) is 5.13 Å². The van der Waals surface area contributed by atoms with Gasteiger partial charge in [-0.1, -0.05) is 42.5 Å². The number of thiocarbonyl (C=S) groups is 1. The molecule has 9 heteroatoms. The maximum atomic E-state index is 12.7. The highest BCUT2D eigenvalue weighted by atomic mass is 32.2. The van der Waals surface area contributed by atoms with Crippen LogP contribution in [-0.4, -0.2) is 39.7 Å². The molecular formula is C21H23N3O3S3. The average molecular weight is 462 g/mol. The molecule has 0 unspecified atom stereocenters. The molecule has 1 aromatic heterocycles. The summed E-state index contributed by atoms with van der Waals surface area (Å²) >= 11 is 8.13. The van der Waals surface area contributed by atoms with Gasteiger partial charge >= 0.3 is 0 Å². The number of benzene rings is 1. The number of aryl methyl sites for hydroxylation is 1. The van der Waals surface area contributed by atoms with Crippen LogP contribution in [0.15, 0.2) is 34.6 Å². The van der Waals surface area contributed by atoms with Crippen LogP contribution in [0.4, 0.5) is 5.13 Å². The van der Waals surface area contributed by atoms with Crippen LogP contribution >= 0.6 is 35.3 Å². The number of ether oxygens (including phenoxy) is 1. The molecule has 0 bridgehead atoms. The van der Waals surface area contributed by atoms with Gasteiger partial charge in [0.05, 0.1) is 17.7 Å². The number of methoxy groups -OCH3 is 1. The Bertz CT molecular complexity index is 954. The fourth-order valence-electron chi connectivity index (χ4n) is 2.87. The Morgan fingerprint density at radius 3 is 2.70 bits per heavy atom. The molecule has 1 aliphatic heterocycles. The lowest BCUT2D eigenvalue weighted by Gasteiger charge is -2.14. The molecule has 1 fully saturated rings. The van der Waals surface area contributed by atoms with E-state index < -0.39 is 0 Å². The third kappa shape index (κ3) is 6.13. The largest absolute Gasteiger partial charge is 0.497 e.